The number of amidine groups is 1. The Hall–Kier alpha value is -0.730. The van der Waals surface area contributed by atoms with Crippen LogP contribution in [0.2, 0.25) is 0 Å². The average molecular weight is 184 g/mol. The number of nitrogens with zero attached hydrogens (tertiary/aromatic N) is 1. The van der Waals surface area contributed by atoms with Gasteiger partial charge in [0.05, 0.1) is 6.61 Å². The molecule has 1 fully saturated rings. The van der Waals surface area contributed by atoms with E-state index < -0.39 is 0 Å². The van der Waals surface area contributed by atoms with E-state index in [0.717, 1.165) is 13.1 Å². The largest absolute Gasteiger partial charge is 0.465 e. The fraction of sp³-hybridized carbons (Fsp3) is 0.900. The Bertz CT molecular complexity index is 178. The molecule has 0 atom stereocenters. The van der Waals surface area contributed by atoms with E-state index in [1.807, 2.05) is 4.90 Å². The minimum atomic E-state index is 0.145. The maximum atomic E-state index is 7.67. The number of rotatable bonds is 1. The molecule has 0 aliphatic carbocycles. The van der Waals surface area contributed by atoms with Crippen LogP contribution < -0.4 is 0 Å². The van der Waals surface area contributed by atoms with E-state index in [-0.39, 0.29) is 5.41 Å². The summed E-state index contributed by atoms with van der Waals surface area (Å²) in [7, 11) is 0. The highest BCUT2D eigenvalue weighted by atomic mass is 16.5. The standard InChI is InChI=1S/C10H20N2O/c1-10(2,3)8-13-9(11)12-6-4-5-7-12/h11H,4-8H2,1-3H3. The SMILES string of the molecule is CC(C)(C)COC(=N)N1CCCC1. The molecular weight excluding hydrogens is 164 g/mol. The van der Waals surface area contributed by atoms with Crippen LogP contribution in [0.1, 0.15) is 33.6 Å². The van der Waals surface area contributed by atoms with Crippen molar-refractivity contribution < 1.29 is 4.74 Å². The summed E-state index contributed by atoms with van der Waals surface area (Å²) in [5, 5.41) is 7.67. The zero-order valence-corrected chi connectivity index (χ0v) is 8.89. The molecule has 1 rings (SSSR count). The highest BCUT2D eigenvalue weighted by Gasteiger charge is 2.18. The summed E-state index contributed by atoms with van der Waals surface area (Å²) >= 11 is 0. The molecule has 3 nitrogen and oxygen atoms in total. The van der Waals surface area contributed by atoms with E-state index >= 15 is 0 Å². The lowest BCUT2D eigenvalue weighted by atomic mass is 9.99. The Kier molecular flexibility index (Phi) is 3.17. The van der Waals surface area contributed by atoms with E-state index in [9.17, 15) is 0 Å². The Morgan fingerprint density at radius 3 is 2.31 bits per heavy atom. The molecule has 13 heavy (non-hydrogen) atoms. The first-order valence-corrected chi connectivity index (χ1v) is 4.95. The van der Waals surface area contributed by atoms with Crippen LogP contribution in [0.15, 0.2) is 0 Å². The third-order valence-electron chi connectivity index (χ3n) is 2.04. The Morgan fingerprint density at radius 2 is 1.85 bits per heavy atom. The van der Waals surface area contributed by atoms with Crippen LogP contribution in [0.25, 0.3) is 0 Å². The van der Waals surface area contributed by atoms with Gasteiger partial charge in [0.15, 0.2) is 0 Å². The minimum Gasteiger partial charge on any atom is -0.465 e. The molecule has 1 aliphatic rings. The third-order valence-corrected chi connectivity index (χ3v) is 2.04. The molecule has 0 radical (unpaired) electrons. The maximum Gasteiger partial charge on any atom is 0.284 e. The van der Waals surface area contributed by atoms with Crippen LogP contribution in [0.4, 0.5) is 0 Å². The van der Waals surface area contributed by atoms with Crippen LogP contribution >= 0.6 is 0 Å². The first-order chi connectivity index (χ1) is 5.99. The van der Waals surface area contributed by atoms with Crippen LogP contribution in [0.3, 0.4) is 0 Å². The van der Waals surface area contributed by atoms with Gasteiger partial charge in [-0.25, -0.2) is 0 Å². The topological polar surface area (TPSA) is 36.3 Å². The number of nitrogens with one attached hydrogen (secondary N) is 1. The monoisotopic (exact) mass is 184 g/mol. The predicted molar refractivity (Wildman–Crippen MR) is 53.9 cm³/mol. The Morgan fingerprint density at radius 1 is 1.31 bits per heavy atom. The normalized spacial score (nSPS) is 17.6. The second kappa shape index (κ2) is 3.99. The van der Waals surface area contributed by atoms with Gasteiger partial charge in [0.2, 0.25) is 0 Å². The second-order valence-corrected chi connectivity index (χ2v) is 4.85. The first-order valence-electron chi connectivity index (χ1n) is 4.95. The highest BCUT2D eigenvalue weighted by molar-refractivity contribution is 5.70. The number of hydrogen-bond donors (Lipinski definition) is 1. The molecule has 1 N–H and O–H groups in total. The smallest absolute Gasteiger partial charge is 0.284 e. The van der Waals surface area contributed by atoms with Crippen molar-refractivity contribution in [1.82, 2.24) is 4.90 Å². The van der Waals surface area contributed by atoms with Gasteiger partial charge in [-0.05, 0) is 18.3 Å². The molecule has 0 unspecified atom stereocenters. The molecule has 76 valence electrons. The van der Waals surface area contributed by atoms with Crippen molar-refractivity contribution >= 4 is 6.02 Å². The number of hydrogen-bond acceptors (Lipinski definition) is 2. The predicted octanol–water partition coefficient (Wildman–Crippen LogP) is 2.08. The van der Waals surface area contributed by atoms with Crippen molar-refractivity contribution in [2.45, 2.75) is 33.6 Å². The van der Waals surface area contributed by atoms with Crippen molar-refractivity contribution in [2.24, 2.45) is 5.41 Å². The molecular formula is C10H20N2O. The van der Waals surface area contributed by atoms with Crippen molar-refractivity contribution in [3.05, 3.63) is 0 Å². The van der Waals surface area contributed by atoms with Crippen LogP contribution in [-0.4, -0.2) is 30.6 Å². The minimum absolute atomic E-state index is 0.145. The van der Waals surface area contributed by atoms with Gasteiger partial charge in [0.1, 0.15) is 0 Å². The van der Waals surface area contributed by atoms with Gasteiger partial charge in [-0.2, -0.15) is 0 Å². The Labute approximate surface area is 80.6 Å². The Balaban J connectivity index is 2.25. The lowest BCUT2D eigenvalue weighted by molar-refractivity contribution is 0.157. The molecule has 0 saturated carbocycles. The summed E-state index contributed by atoms with van der Waals surface area (Å²) in [6.45, 7) is 8.95. The molecule has 1 aliphatic heterocycles. The van der Waals surface area contributed by atoms with Crippen LogP contribution in [0.5, 0.6) is 0 Å². The van der Waals surface area contributed by atoms with Crippen molar-refractivity contribution in [3.8, 4) is 0 Å². The van der Waals surface area contributed by atoms with Gasteiger partial charge in [-0.15, -0.1) is 0 Å². The molecule has 0 amide bonds. The summed E-state index contributed by atoms with van der Waals surface area (Å²) in [6.07, 6.45) is 2.39. The molecule has 0 aromatic rings. The van der Waals surface area contributed by atoms with Gasteiger partial charge >= 0.3 is 0 Å². The second-order valence-electron chi connectivity index (χ2n) is 4.85. The summed E-state index contributed by atoms with van der Waals surface area (Å²) in [5.41, 5.74) is 0.145. The average Bonchev–Trinajstić information content (AvgIpc) is 2.50. The van der Waals surface area contributed by atoms with E-state index in [1.165, 1.54) is 12.8 Å². The van der Waals surface area contributed by atoms with Gasteiger partial charge in [-0.3, -0.25) is 5.41 Å². The van der Waals surface area contributed by atoms with Crippen LogP contribution in [0, 0.1) is 10.8 Å². The quantitative estimate of drug-likeness (QED) is 0.500. The fourth-order valence-electron chi connectivity index (χ4n) is 1.30. The first kappa shape index (κ1) is 10.4. The summed E-state index contributed by atoms with van der Waals surface area (Å²) in [5.74, 6) is 0. The zero-order chi connectivity index (χ0) is 9.90. The maximum absolute atomic E-state index is 7.67. The molecule has 0 bridgehead atoms. The summed E-state index contributed by atoms with van der Waals surface area (Å²) < 4.78 is 5.40. The number of likely N-dealkylation sites (tertiary alicyclic amines) is 1. The molecule has 0 aromatic carbocycles. The van der Waals surface area contributed by atoms with Crippen molar-refractivity contribution in [1.29, 1.82) is 5.41 Å². The van der Waals surface area contributed by atoms with E-state index in [4.69, 9.17) is 10.1 Å². The third kappa shape index (κ3) is 3.66. The molecule has 0 aromatic heterocycles. The lowest BCUT2D eigenvalue weighted by Crippen LogP contribution is -2.31. The van der Waals surface area contributed by atoms with E-state index in [1.54, 1.807) is 0 Å². The highest BCUT2D eigenvalue weighted by Crippen LogP contribution is 2.15. The molecule has 1 heterocycles. The summed E-state index contributed by atoms with van der Waals surface area (Å²) in [6, 6.07) is 0.354. The molecule has 3 heteroatoms. The summed E-state index contributed by atoms with van der Waals surface area (Å²) in [4.78, 5) is 2.01. The fourth-order valence-corrected chi connectivity index (χ4v) is 1.30. The van der Waals surface area contributed by atoms with Gasteiger partial charge in [0.25, 0.3) is 6.02 Å². The molecule has 0 spiro atoms. The van der Waals surface area contributed by atoms with Gasteiger partial charge < -0.3 is 9.64 Å². The molecule has 1 saturated heterocycles. The van der Waals surface area contributed by atoms with Crippen molar-refractivity contribution in [3.63, 3.8) is 0 Å². The van der Waals surface area contributed by atoms with Crippen molar-refractivity contribution in [2.75, 3.05) is 19.7 Å². The van der Waals surface area contributed by atoms with Crippen LogP contribution in [-0.2, 0) is 4.74 Å². The van der Waals surface area contributed by atoms with Gasteiger partial charge in [-0.1, -0.05) is 20.8 Å². The zero-order valence-electron chi connectivity index (χ0n) is 8.89. The van der Waals surface area contributed by atoms with E-state index in [2.05, 4.69) is 20.8 Å². The number of ether oxygens (including phenoxy) is 1. The van der Waals surface area contributed by atoms with E-state index in [0.29, 0.717) is 12.6 Å². The lowest BCUT2D eigenvalue weighted by Gasteiger charge is -2.23. The van der Waals surface area contributed by atoms with Gasteiger partial charge in [0, 0.05) is 13.1 Å².